The van der Waals surface area contributed by atoms with E-state index in [9.17, 15) is 4.79 Å². The number of hydrogen-bond acceptors (Lipinski definition) is 2. The third-order valence-electron chi connectivity index (χ3n) is 4.12. The second kappa shape index (κ2) is 9.17. The van der Waals surface area contributed by atoms with Crippen LogP contribution in [0.5, 0.6) is 0 Å². The summed E-state index contributed by atoms with van der Waals surface area (Å²) < 4.78 is 0. The highest BCUT2D eigenvalue weighted by molar-refractivity contribution is 6.30. The van der Waals surface area contributed by atoms with Crippen LogP contribution in [0.4, 0.5) is 0 Å². The highest BCUT2D eigenvalue weighted by Gasteiger charge is 2.25. The molecule has 27 heavy (non-hydrogen) atoms. The van der Waals surface area contributed by atoms with Gasteiger partial charge in [0.2, 0.25) is 0 Å². The average Bonchev–Trinajstić information content (AvgIpc) is 2.73. The Kier molecular flexibility index (Phi) is 6.42. The molecule has 1 atom stereocenters. The summed E-state index contributed by atoms with van der Waals surface area (Å²) >= 11 is 6.00. The minimum Gasteiger partial charge on any atom is -0.267 e. The van der Waals surface area contributed by atoms with Crippen molar-refractivity contribution in [2.75, 3.05) is 0 Å². The Bertz CT molecular complexity index is 879. The molecular weight excluding hydrogens is 358 g/mol. The fraction of sp³-hybridized carbons (Fsp3) is 0.0870. The van der Waals surface area contributed by atoms with Gasteiger partial charge in [-0.25, -0.2) is 5.06 Å². The Labute approximate surface area is 164 Å². The van der Waals surface area contributed by atoms with Crippen molar-refractivity contribution in [2.45, 2.75) is 12.6 Å². The topological polar surface area (TPSA) is 29.5 Å². The lowest BCUT2D eigenvalue weighted by atomic mass is 10.1. The second-order valence-corrected chi connectivity index (χ2v) is 6.42. The van der Waals surface area contributed by atoms with E-state index in [0.29, 0.717) is 10.6 Å². The standard InChI is InChI=1S/C23H20ClNO2/c1-2-22(19-13-15-21(24)16-14-19)25(23(26)20-11-7-4-8-12-20)27-17-18-9-5-3-6-10-18/h2-16,22H,1,17H2/t22-/m0/s1. The molecule has 0 saturated heterocycles. The Balaban J connectivity index is 1.90. The number of rotatable bonds is 7. The summed E-state index contributed by atoms with van der Waals surface area (Å²) in [6.07, 6.45) is 1.69. The minimum absolute atomic E-state index is 0.230. The van der Waals surface area contributed by atoms with Crippen LogP contribution in [0, 0.1) is 0 Å². The zero-order valence-corrected chi connectivity index (χ0v) is 15.5. The zero-order chi connectivity index (χ0) is 19.1. The van der Waals surface area contributed by atoms with Crippen LogP contribution in [0.1, 0.15) is 27.5 Å². The fourth-order valence-electron chi connectivity index (χ4n) is 2.72. The number of benzene rings is 3. The van der Waals surface area contributed by atoms with Gasteiger partial charge >= 0.3 is 0 Å². The summed E-state index contributed by atoms with van der Waals surface area (Å²) in [5.41, 5.74) is 2.39. The third kappa shape index (κ3) is 4.85. The van der Waals surface area contributed by atoms with Gasteiger partial charge in [0, 0.05) is 10.6 Å². The van der Waals surface area contributed by atoms with E-state index >= 15 is 0 Å². The second-order valence-electron chi connectivity index (χ2n) is 5.99. The summed E-state index contributed by atoms with van der Waals surface area (Å²) in [5, 5.41) is 2.01. The summed E-state index contributed by atoms with van der Waals surface area (Å²) in [6, 6.07) is 25.6. The van der Waals surface area contributed by atoms with Crippen LogP contribution in [-0.4, -0.2) is 11.0 Å². The van der Waals surface area contributed by atoms with Crippen LogP contribution in [0.15, 0.2) is 97.6 Å². The van der Waals surface area contributed by atoms with E-state index in [0.717, 1.165) is 11.1 Å². The number of hydroxylamine groups is 2. The number of carbonyl (C=O) groups is 1. The molecule has 0 fully saturated rings. The predicted octanol–water partition coefficient (Wildman–Crippen LogP) is 5.84. The summed E-state index contributed by atoms with van der Waals surface area (Å²) in [5.74, 6) is -0.230. The van der Waals surface area contributed by atoms with Gasteiger partial charge in [0.1, 0.15) is 12.6 Å². The van der Waals surface area contributed by atoms with E-state index in [2.05, 4.69) is 6.58 Å². The fourth-order valence-corrected chi connectivity index (χ4v) is 2.84. The van der Waals surface area contributed by atoms with Gasteiger partial charge in [-0.1, -0.05) is 78.3 Å². The summed E-state index contributed by atoms with van der Waals surface area (Å²) in [6.45, 7) is 4.18. The maximum Gasteiger partial charge on any atom is 0.278 e. The first kappa shape index (κ1) is 18.9. The van der Waals surface area contributed by atoms with E-state index < -0.39 is 6.04 Å². The molecule has 4 heteroatoms. The van der Waals surface area contributed by atoms with Gasteiger partial charge in [-0.2, -0.15) is 0 Å². The van der Waals surface area contributed by atoms with Gasteiger partial charge in [-0.05, 0) is 35.4 Å². The van der Waals surface area contributed by atoms with Gasteiger partial charge in [0.05, 0.1) is 0 Å². The quantitative estimate of drug-likeness (QED) is 0.382. The van der Waals surface area contributed by atoms with Crippen LogP contribution < -0.4 is 0 Å². The molecule has 0 aliphatic rings. The molecule has 0 spiro atoms. The van der Waals surface area contributed by atoms with Crippen LogP contribution >= 0.6 is 11.6 Å². The monoisotopic (exact) mass is 377 g/mol. The van der Waals surface area contributed by atoms with E-state index in [1.807, 2.05) is 60.7 Å². The summed E-state index contributed by atoms with van der Waals surface area (Å²) in [4.78, 5) is 19.1. The Morgan fingerprint density at radius 3 is 2.15 bits per heavy atom. The largest absolute Gasteiger partial charge is 0.278 e. The number of carbonyl (C=O) groups excluding carboxylic acids is 1. The van der Waals surface area contributed by atoms with Crippen molar-refractivity contribution in [1.82, 2.24) is 5.06 Å². The van der Waals surface area contributed by atoms with E-state index in [1.54, 1.807) is 30.3 Å². The maximum absolute atomic E-state index is 13.1. The number of halogens is 1. The molecule has 1 amide bonds. The first-order valence-electron chi connectivity index (χ1n) is 8.62. The lowest BCUT2D eigenvalue weighted by Gasteiger charge is -2.29. The van der Waals surface area contributed by atoms with Crippen molar-refractivity contribution in [3.05, 3.63) is 119 Å². The van der Waals surface area contributed by atoms with Crippen LogP contribution in [0.3, 0.4) is 0 Å². The minimum atomic E-state index is -0.446. The molecule has 0 aliphatic heterocycles. The molecule has 0 aliphatic carbocycles. The lowest BCUT2D eigenvalue weighted by Crippen LogP contribution is -2.34. The van der Waals surface area contributed by atoms with Crippen molar-refractivity contribution in [3.8, 4) is 0 Å². The molecule has 3 aromatic carbocycles. The molecule has 0 aromatic heterocycles. The summed E-state index contributed by atoms with van der Waals surface area (Å²) in [7, 11) is 0. The van der Waals surface area contributed by atoms with Crippen molar-refractivity contribution in [3.63, 3.8) is 0 Å². The third-order valence-corrected chi connectivity index (χ3v) is 4.37. The van der Waals surface area contributed by atoms with Gasteiger partial charge in [0.25, 0.3) is 5.91 Å². The van der Waals surface area contributed by atoms with Gasteiger partial charge in [-0.15, -0.1) is 6.58 Å². The molecule has 0 bridgehead atoms. The molecule has 136 valence electrons. The molecule has 3 aromatic rings. The average molecular weight is 378 g/mol. The highest BCUT2D eigenvalue weighted by atomic mass is 35.5. The van der Waals surface area contributed by atoms with E-state index in [-0.39, 0.29) is 12.5 Å². The Morgan fingerprint density at radius 2 is 1.56 bits per heavy atom. The Hall–Kier alpha value is -2.88. The van der Waals surface area contributed by atoms with Gasteiger partial charge in [-0.3, -0.25) is 9.63 Å². The molecule has 0 heterocycles. The number of nitrogens with zero attached hydrogens (tertiary/aromatic N) is 1. The van der Waals surface area contributed by atoms with E-state index in [1.165, 1.54) is 5.06 Å². The molecule has 0 saturated carbocycles. The molecule has 3 rings (SSSR count). The Morgan fingerprint density at radius 1 is 0.963 bits per heavy atom. The first-order valence-corrected chi connectivity index (χ1v) is 9.00. The van der Waals surface area contributed by atoms with Gasteiger partial charge < -0.3 is 0 Å². The first-order chi connectivity index (χ1) is 13.2. The number of amides is 1. The van der Waals surface area contributed by atoms with Crippen molar-refractivity contribution in [1.29, 1.82) is 0 Å². The van der Waals surface area contributed by atoms with Gasteiger partial charge in [0.15, 0.2) is 0 Å². The zero-order valence-electron chi connectivity index (χ0n) is 14.8. The smallest absolute Gasteiger partial charge is 0.267 e. The van der Waals surface area contributed by atoms with Crippen LogP contribution in [0.25, 0.3) is 0 Å². The molecule has 0 unspecified atom stereocenters. The molecule has 0 radical (unpaired) electrons. The van der Waals surface area contributed by atoms with E-state index in [4.69, 9.17) is 16.4 Å². The molecule has 3 nitrogen and oxygen atoms in total. The van der Waals surface area contributed by atoms with Crippen molar-refractivity contribution in [2.24, 2.45) is 0 Å². The number of hydrogen-bond donors (Lipinski definition) is 0. The molecular formula is C23H20ClNO2. The normalized spacial score (nSPS) is 11.6. The SMILES string of the molecule is C=C[C@@H](c1ccc(Cl)cc1)N(OCc1ccccc1)C(=O)c1ccccc1. The lowest BCUT2D eigenvalue weighted by molar-refractivity contribution is -0.150. The molecule has 0 N–H and O–H groups in total. The van der Waals surface area contributed by atoms with Crippen LogP contribution in [-0.2, 0) is 11.4 Å². The highest BCUT2D eigenvalue weighted by Crippen LogP contribution is 2.26. The van der Waals surface area contributed by atoms with Crippen molar-refractivity contribution >= 4 is 17.5 Å². The van der Waals surface area contributed by atoms with Crippen molar-refractivity contribution < 1.29 is 9.63 Å². The maximum atomic E-state index is 13.1. The van der Waals surface area contributed by atoms with Crippen LogP contribution in [0.2, 0.25) is 5.02 Å². The predicted molar refractivity (Wildman–Crippen MR) is 108 cm³/mol.